The fourth-order valence-corrected chi connectivity index (χ4v) is 9.55. The molecule has 6 aromatic carbocycles. The zero-order chi connectivity index (χ0) is 27.5. The predicted molar refractivity (Wildman–Crippen MR) is 182 cm³/mol. The van der Waals surface area contributed by atoms with Gasteiger partial charge in [0.15, 0.2) is 5.82 Å². The van der Waals surface area contributed by atoms with Gasteiger partial charge in [-0.1, -0.05) is 97.1 Å². The maximum Gasteiger partial charge on any atom is 0.225 e. The number of hydrogen-bond acceptors (Lipinski definition) is 4. The van der Waals surface area contributed by atoms with Crippen LogP contribution in [0.3, 0.4) is 0 Å². The standard InChI is InChI=1S/C36H18ClN3S2/c37-36-38-34(30-25-18-17-19-9-1-2-10-20(19)32(25)42-35(30)39-36)40-26-15-7-5-13-23(26)28-21-11-3-4-12-22(21)29-24-14-6-8-16-27(24)41-33(29)31(28)40/h1-18H. The third-order valence-electron chi connectivity index (χ3n) is 8.54. The van der Waals surface area contributed by atoms with Gasteiger partial charge < -0.3 is 0 Å². The van der Waals surface area contributed by atoms with Gasteiger partial charge in [0.25, 0.3) is 0 Å². The Balaban J connectivity index is 1.50. The third-order valence-corrected chi connectivity index (χ3v) is 11.0. The topological polar surface area (TPSA) is 30.7 Å². The van der Waals surface area contributed by atoms with Gasteiger partial charge in [-0.3, -0.25) is 4.57 Å². The zero-order valence-corrected chi connectivity index (χ0v) is 24.3. The van der Waals surface area contributed by atoms with E-state index >= 15 is 0 Å². The molecule has 0 radical (unpaired) electrons. The molecule has 0 aliphatic rings. The molecule has 0 aliphatic heterocycles. The van der Waals surface area contributed by atoms with Crippen molar-refractivity contribution in [3.05, 3.63) is 114 Å². The Labute approximate surface area is 251 Å². The highest BCUT2D eigenvalue weighted by molar-refractivity contribution is 7.27. The number of halogens is 1. The van der Waals surface area contributed by atoms with Crippen molar-refractivity contribution in [3.8, 4) is 5.82 Å². The molecule has 0 saturated carbocycles. The minimum absolute atomic E-state index is 0.257. The van der Waals surface area contributed by atoms with E-state index in [1.54, 1.807) is 11.3 Å². The van der Waals surface area contributed by atoms with Crippen LogP contribution in [0.15, 0.2) is 109 Å². The lowest BCUT2D eigenvalue weighted by molar-refractivity contribution is 1.08. The summed E-state index contributed by atoms with van der Waals surface area (Å²) in [6, 6.07) is 39.2. The summed E-state index contributed by atoms with van der Waals surface area (Å²) in [6.45, 7) is 0. The zero-order valence-electron chi connectivity index (χ0n) is 21.9. The van der Waals surface area contributed by atoms with Gasteiger partial charge in [0.05, 0.1) is 21.1 Å². The molecule has 4 heterocycles. The summed E-state index contributed by atoms with van der Waals surface area (Å²) in [5.41, 5.74) is 2.28. The van der Waals surface area contributed by atoms with Crippen molar-refractivity contribution in [2.45, 2.75) is 0 Å². The SMILES string of the molecule is Clc1nc(-n2c3ccccc3c3c4ccccc4c4c5ccccc5sc4c32)c2c(n1)sc1c3ccccc3ccc12. The second-order valence-electron chi connectivity index (χ2n) is 10.7. The quantitative estimate of drug-likeness (QED) is 0.178. The number of benzene rings is 6. The van der Waals surface area contributed by atoms with E-state index in [1.165, 1.54) is 62.7 Å². The first-order valence-electron chi connectivity index (χ1n) is 13.8. The van der Waals surface area contributed by atoms with Crippen LogP contribution in [0.4, 0.5) is 0 Å². The second-order valence-corrected chi connectivity index (χ2v) is 13.1. The summed E-state index contributed by atoms with van der Waals surface area (Å²) < 4.78 is 6.10. The fourth-order valence-electron chi connectivity index (χ4n) is 6.87. The van der Waals surface area contributed by atoms with Gasteiger partial charge in [0.1, 0.15) is 4.83 Å². The van der Waals surface area contributed by atoms with Gasteiger partial charge in [-0.25, -0.2) is 4.98 Å². The Morgan fingerprint density at radius 3 is 2.07 bits per heavy atom. The van der Waals surface area contributed by atoms with E-state index in [0.717, 1.165) is 26.9 Å². The summed E-state index contributed by atoms with van der Waals surface area (Å²) in [4.78, 5) is 10.7. The molecule has 6 heteroatoms. The van der Waals surface area contributed by atoms with Crippen LogP contribution in [0.5, 0.6) is 0 Å². The fraction of sp³-hybridized carbons (Fsp3) is 0. The van der Waals surface area contributed by atoms with Crippen LogP contribution in [0.1, 0.15) is 0 Å². The van der Waals surface area contributed by atoms with Crippen molar-refractivity contribution < 1.29 is 0 Å². The average Bonchev–Trinajstić information content (AvgIpc) is 3.70. The van der Waals surface area contributed by atoms with Crippen LogP contribution in [0, 0.1) is 0 Å². The largest absolute Gasteiger partial charge is 0.292 e. The van der Waals surface area contributed by atoms with Gasteiger partial charge in [-0.05, 0) is 45.3 Å². The van der Waals surface area contributed by atoms with Crippen molar-refractivity contribution in [2.24, 2.45) is 0 Å². The Morgan fingerprint density at radius 2 is 1.21 bits per heavy atom. The molecule has 4 aromatic heterocycles. The molecule has 0 unspecified atom stereocenters. The Kier molecular flexibility index (Phi) is 4.54. The number of rotatable bonds is 1. The molecule has 0 amide bonds. The lowest BCUT2D eigenvalue weighted by atomic mass is 9.99. The molecular weight excluding hydrogens is 574 g/mol. The van der Waals surface area contributed by atoms with Gasteiger partial charge in [-0.15, -0.1) is 22.7 Å². The number of nitrogens with zero attached hydrogens (tertiary/aromatic N) is 3. The van der Waals surface area contributed by atoms with Crippen LogP contribution < -0.4 is 0 Å². The summed E-state index contributed by atoms with van der Waals surface area (Å²) in [5.74, 6) is 0.826. The molecule has 0 fully saturated rings. The lowest BCUT2D eigenvalue weighted by Gasteiger charge is -2.11. The Bertz CT molecular complexity index is 2770. The van der Waals surface area contributed by atoms with Crippen molar-refractivity contribution in [1.82, 2.24) is 14.5 Å². The van der Waals surface area contributed by atoms with Crippen molar-refractivity contribution in [3.63, 3.8) is 0 Å². The minimum Gasteiger partial charge on any atom is -0.292 e. The van der Waals surface area contributed by atoms with E-state index in [4.69, 9.17) is 21.6 Å². The first kappa shape index (κ1) is 23.1. The highest BCUT2D eigenvalue weighted by Gasteiger charge is 2.25. The highest BCUT2D eigenvalue weighted by atomic mass is 35.5. The molecule has 0 N–H and O–H groups in total. The molecule has 0 atom stereocenters. The molecule has 0 saturated heterocycles. The van der Waals surface area contributed by atoms with Gasteiger partial charge in [0, 0.05) is 36.3 Å². The van der Waals surface area contributed by atoms with E-state index in [9.17, 15) is 0 Å². The normalized spacial score (nSPS) is 12.4. The summed E-state index contributed by atoms with van der Waals surface area (Å²) in [5, 5.41) is 12.4. The second kappa shape index (κ2) is 8.26. The molecule has 10 aromatic rings. The number of fused-ring (bicyclic) bond motifs is 15. The first-order valence-corrected chi connectivity index (χ1v) is 15.8. The molecule has 0 aliphatic carbocycles. The molecular formula is C36H18ClN3S2. The molecule has 3 nitrogen and oxygen atoms in total. The van der Waals surface area contributed by atoms with Crippen molar-refractivity contribution in [2.75, 3.05) is 0 Å². The number of thiophene rings is 2. The molecule has 10 rings (SSSR count). The Hall–Kier alpha value is -4.55. The molecule has 0 bridgehead atoms. The van der Waals surface area contributed by atoms with E-state index in [0.29, 0.717) is 0 Å². The van der Waals surface area contributed by atoms with Gasteiger partial charge in [0.2, 0.25) is 5.28 Å². The Morgan fingerprint density at radius 1 is 0.524 bits per heavy atom. The summed E-state index contributed by atoms with van der Waals surface area (Å²) >= 11 is 10.3. The average molecular weight is 592 g/mol. The third kappa shape index (κ3) is 2.90. The van der Waals surface area contributed by atoms with E-state index in [-0.39, 0.29) is 5.28 Å². The lowest BCUT2D eigenvalue weighted by Crippen LogP contribution is -2.00. The maximum absolute atomic E-state index is 6.74. The summed E-state index contributed by atoms with van der Waals surface area (Å²) in [6.07, 6.45) is 0. The predicted octanol–water partition coefficient (Wildman–Crippen LogP) is 11.3. The van der Waals surface area contributed by atoms with Gasteiger partial charge in [-0.2, -0.15) is 4.98 Å². The summed E-state index contributed by atoms with van der Waals surface area (Å²) in [7, 11) is 0. The number of para-hydroxylation sites is 1. The van der Waals surface area contributed by atoms with Gasteiger partial charge >= 0.3 is 0 Å². The first-order chi connectivity index (χ1) is 20.8. The van der Waals surface area contributed by atoms with E-state index < -0.39 is 0 Å². The van der Waals surface area contributed by atoms with Crippen molar-refractivity contribution >= 4 is 118 Å². The molecule has 196 valence electrons. The van der Waals surface area contributed by atoms with Crippen LogP contribution in [-0.2, 0) is 0 Å². The smallest absolute Gasteiger partial charge is 0.225 e. The minimum atomic E-state index is 0.257. The highest BCUT2D eigenvalue weighted by Crippen LogP contribution is 2.49. The van der Waals surface area contributed by atoms with Crippen LogP contribution in [0.2, 0.25) is 5.28 Å². The van der Waals surface area contributed by atoms with Crippen LogP contribution >= 0.6 is 34.3 Å². The van der Waals surface area contributed by atoms with Crippen LogP contribution in [-0.4, -0.2) is 14.5 Å². The number of hydrogen-bond donors (Lipinski definition) is 0. The molecule has 42 heavy (non-hydrogen) atoms. The van der Waals surface area contributed by atoms with Crippen LogP contribution in [0.25, 0.3) is 89.6 Å². The monoisotopic (exact) mass is 591 g/mol. The molecule has 0 spiro atoms. The van der Waals surface area contributed by atoms with E-state index in [1.807, 2.05) is 11.3 Å². The van der Waals surface area contributed by atoms with Crippen molar-refractivity contribution in [1.29, 1.82) is 0 Å². The number of aromatic nitrogens is 3. The van der Waals surface area contributed by atoms with E-state index in [2.05, 4.69) is 114 Å². The maximum atomic E-state index is 6.74.